The molecule has 0 saturated carbocycles. The number of nitrogens with one attached hydrogen (secondary N) is 2. The Balaban J connectivity index is 0.000000905. The number of benzene rings is 2. The highest BCUT2D eigenvalue weighted by molar-refractivity contribution is 8.00. The van der Waals surface area contributed by atoms with Crippen LogP contribution in [0.5, 0.6) is 0 Å². The van der Waals surface area contributed by atoms with Crippen LogP contribution in [0.2, 0.25) is 0 Å². The zero-order chi connectivity index (χ0) is 26.9. The number of carbonyl (C=O) groups excluding carboxylic acids is 1. The fourth-order valence-electron chi connectivity index (χ4n) is 2.34. The van der Waals surface area contributed by atoms with E-state index >= 15 is 0 Å². The molecule has 0 fully saturated rings. The topological polar surface area (TPSA) is 41.1 Å². The number of anilines is 2. The third-order valence-corrected chi connectivity index (χ3v) is 5.61. The summed E-state index contributed by atoms with van der Waals surface area (Å²) >= 11 is 1.24. The summed E-state index contributed by atoms with van der Waals surface area (Å²) in [6.07, 6.45) is -9.83. The zero-order valence-corrected chi connectivity index (χ0v) is 20.6. The van der Waals surface area contributed by atoms with Crippen LogP contribution in [-0.4, -0.2) is 24.9 Å². The summed E-state index contributed by atoms with van der Waals surface area (Å²) in [5.41, 5.74) is 1.74. The van der Waals surface area contributed by atoms with E-state index in [1.165, 1.54) is 25.8 Å². The molecule has 196 valence electrons. The van der Waals surface area contributed by atoms with Crippen molar-refractivity contribution < 1.29 is 35.5 Å². The van der Waals surface area contributed by atoms with Gasteiger partial charge in [-0.1, -0.05) is 19.1 Å². The van der Waals surface area contributed by atoms with Crippen LogP contribution in [0, 0.1) is 12.3 Å². The molecule has 0 unspecified atom stereocenters. The Hall–Kier alpha value is -2.43. The molecule has 0 aromatic heterocycles. The third-order valence-electron chi connectivity index (χ3n) is 4.67. The summed E-state index contributed by atoms with van der Waals surface area (Å²) in [6, 6.07) is 12.2. The average molecular weight is 527 g/mol. The van der Waals surface area contributed by atoms with Crippen molar-refractivity contribution in [1.82, 2.24) is 0 Å². The quantitative estimate of drug-likeness (QED) is 0.268. The van der Waals surface area contributed by atoms with Gasteiger partial charge in [-0.05, 0) is 80.6 Å². The van der Waals surface area contributed by atoms with E-state index in [1.807, 2.05) is 13.0 Å². The molecule has 0 atom stereocenters. The number of hydrogen-bond donors (Lipinski definition) is 2. The average Bonchev–Trinajstić information content (AvgIpc) is 2.77. The highest BCUT2D eigenvalue weighted by Crippen LogP contribution is 2.30. The molecule has 0 radical (unpaired) electrons. The highest BCUT2D eigenvalue weighted by atomic mass is 32.2. The minimum absolute atomic E-state index is 0.0802. The molecule has 0 aliphatic rings. The zero-order valence-electron chi connectivity index (χ0n) is 19.8. The number of aryl methyl sites for hydroxylation is 2. The Morgan fingerprint density at radius 2 is 1.46 bits per heavy atom. The summed E-state index contributed by atoms with van der Waals surface area (Å²) in [7, 11) is 0. The van der Waals surface area contributed by atoms with E-state index in [0.717, 1.165) is 23.1 Å². The molecule has 0 heterocycles. The van der Waals surface area contributed by atoms with Crippen LogP contribution >= 0.6 is 11.9 Å². The Morgan fingerprint density at radius 3 is 1.94 bits per heavy atom. The van der Waals surface area contributed by atoms with Crippen LogP contribution in [0.3, 0.4) is 0 Å². The maximum atomic E-state index is 12.9. The van der Waals surface area contributed by atoms with E-state index in [2.05, 4.69) is 10.0 Å². The monoisotopic (exact) mass is 526 g/mol. The molecule has 35 heavy (non-hydrogen) atoms. The Bertz CT molecular complexity index is 942. The van der Waals surface area contributed by atoms with Gasteiger partial charge in [0.2, 0.25) is 5.91 Å². The van der Waals surface area contributed by atoms with E-state index in [9.17, 15) is 35.5 Å². The molecule has 2 aromatic rings. The molecule has 0 saturated heterocycles. The van der Waals surface area contributed by atoms with Crippen molar-refractivity contribution in [1.29, 1.82) is 0 Å². The lowest BCUT2D eigenvalue weighted by atomic mass is 9.94. The first-order valence-corrected chi connectivity index (χ1v) is 11.5. The number of halogens is 7. The first-order valence-electron chi connectivity index (χ1n) is 10.7. The predicted molar refractivity (Wildman–Crippen MR) is 126 cm³/mol. The van der Waals surface area contributed by atoms with Crippen molar-refractivity contribution in [3.63, 3.8) is 0 Å². The van der Waals surface area contributed by atoms with Crippen LogP contribution in [0.1, 0.15) is 44.7 Å². The SMILES string of the molecule is CCC(F)(F)F.Cc1ccc(CCC(F)(F)F)c(SNc2ccc(NC(=O)C(C)(C)CF)cc2)c1. The van der Waals surface area contributed by atoms with Gasteiger partial charge in [0.05, 0.1) is 5.41 Å². The second-order valence-corrected chi connectivity index (χ2v) is 9.30. The van der Waals surface area contributed by atoms with Gasteiger partial charge in [-0.15, -0.1) is 0 Å². The largest absolute Gasteiger partial charge is 0.389 e. The van der Waals surface area contributed by atoms with Crippen LogP contribution in [0.15, 0.2) is 47.4 Å². The van der Waals surface area contributed by atoms with Gasteiger partial charge in [-0.2, -0.15) is 26.3 Å². The second-order valence-electron chi connectivity index (χ2n) is 8.45. The molecule has 2 rings (SSSR count). The lowest BCUT2D eigenvalue weighted by Gasteiger charge is -2.19. The Kier molecular flexibility index (Phi) is 11.4. The summed E-state index contributed by atoms with van der Waals surface area (Å²) < 4.78 is 86.0. The Morgan fingerprint density at radius 1 is 0.914 bits per heavy atom. The van der Waals surface area contributed by atoms with Gasteiger partial charge in [0.15, 0.2) is 0 Å². The van der Waals surface area contributed by atoms with Crippen molar-refractivity contribution in [2.24, 2.45) is 5.41 Å². The van der Waals surface area contributed by atoms with Crippen molar-refractivity contribution in [2.45, 2.75) is 64.2 Å². The summed E-state index contributed by atoms with van der Waals surface area (Å²) in [6.45, 7) is 5.25. The normalized spacial score (nSPS) is 12.0. The van der Waals surface area contributed by atoms with Gasteiger partial charge >= 0.3 is 12.4 Å². The first-order chi connectivity index (χ1) is 16.1. The van der Waals surface area contributed by atoms with Crippen molar-refractivity contribution >= 4 is 29.2 Å². The molecule has 0 spiro atoms. The predicted octanol–water partition coefficient (Wildman–Crippen LogP) is 8.50. The Labute approximate surface area is 205 Å². The maximum absolute atomic E-state index is 12.9. The van der Waals surface area contributed by atoms with Crippen LogP contribution < -0.4 is 10.0 Å². The first kappa shape index (κ1) is 30.6. The lowest BCUT2D eigenvalue weighted by molar-refractivity contribution is -0.134. The molecular weight excluding hydrogens is 497 g/mol. The minimum Gasteiger partial charge on any atom is -0.326 e. The van der Waals surface area contributed by atoms with Crippen molar-refractivity contribution in [3.8, 4) is 0 Å². The van der Waals surface area contributed by atoms with Crippen LogP contribution in [0.25, 0.3) is 0 Å². The maximum Gasteiger partial charge on any atom is 0.389 e. The van der Waals surface area contributed by atoms with Gasteiger partial charge in [-0.3, -0.25) is 4.79 Å². The van der Waals surface area contributed by atoms with Crippen molar-refractivity contribution in [3.05, 3.63) is 53.6 Å². The van der Waals surface area contributed by atoms with Crippen LogP contribution in [-0.2, 0) is 11.2 Å². The molecular formula is C24H29F7N2OS. The fourth-order valence-corrected chi connectivity index (χ4v) is 3.25. The molecule has 0 aliphatic heterocycles. The van der Waals surface area contributed by atoms with Gasteiger partial charge in [-0.25, -0.2) is 4.39 Å². The van der Waals surface area contributed by atoms with Crippen LogP contribution in [0.4, 0.5) is 42.1 Å². The standard InChI is InChI=1S/C21H24F4N2OS.C3H5F3/c1-14-4-5-15(10-11-21(23,24)25)18(12-14)29-27-17-8-6-16(7-9-17)26-19(28)20(2,3)13-22;1-2-3(4,5)6/h4-9,12,27H,10-11,13H2,1-3H3,(H,26,28);2H2,1H3. The summed E-state index contributed by atoms with van der Waals surface area (Å²) in [5, 5.41) is 2.66. The lowest BCUT2D eigenvalue weighted by Crippen LogP contribution is -2.32. The van der Waals surface area contributed by atoms with E-state index in [1.54, 1.807) is 36.4 Å². The van der Waals surface area contributed by atoms with E-state index in [0.29, 0.717) is 11.3 Å². The van der Waals surface area contributed by atoms with Gasteiger partial charge in [0, 0.05) is 29.1 Å². The number of rotatable bonds is 8. The molecule has 1 amide bonds. The highest BCUT2D eigenvalue weighted by Gasteiger charge is 2.28. The van der Waals surface area contributed by atoms with Crippen molar-refractivity contribution in [2.75, 3.05) is 16.7 Å². The molecule has 11 heteroatoms. The van der Waals surface area contributed by atoms with Gasteiger partial charge in [0.25, 0.3) is 0 Å². The molecule has 2 N–H and O–H groups in total. The van der Waals surface area contributed by atoms with Gasteiger partial charge in [0.1, 0.15) is 6.67 Å². The number of hydrogen-bond acceptors (Lipinski definition) is 3. The molecule has 2 aromatic carbocycles. The summed E-state index contributed by atoms with van der Waals surface area (Å²) in [5.74, 6) is -0.413. The third kappa shape index (κ3) is 12.2. The number of amides is 1. The second kappa shape index (κ2) is 13.0. The summed E-state index contributed by atoms with van der Waals surface area (Å²) in [4.78, 5) is 12.7. The van der Waals surface area contributed by atoms with E-state index in [4.69, 9.17) is 0 Å². The van der Waals surface area contributed by atoms with E-state index < -0.39 is 43.2 Å². The van der Waals surface area contributed by atoms with E-state index in [-0.39, 0.29) is 6.42 Å². The molecule has 0 aliphatic carbocycles. The number of alkyl halides is 7. The molecule has 0 bridgehead atoms. The smallest absolute Gasteiger partial charge is 0.326 e. The van der Waals surface area contributed by atoms with Gasteiger partial charge < -0.3 is 10.0 Å². The molecule has 3 nitrogen and oxygen atoms in total. The minimum atomic E-state index is -4.20. The fraction of sp³-hybridized carbons (Fsp3) is 0.458. The number of carbonyl (C=O) groups is 1.